The lowest BCUT2D eigenvalue weighted by molar-refractivity contribution is 0.0938. The van der Waals surface area contributed by atoms with Gasteiger partial charge >= 0.3 is 0 Å². The first-order valence-corrected chi connectivity index (χ1v) is 5.89. The standard InChI is InChI=1S/C13H18N2O.ClH/c14-9-10-5-7-11(8-6-10)13(16)15-12-3-1-2-4-12;/h5-8,12H,1-4,9,14H2,(H,15,16);1H. The maximum absolute atomic E-state index is 11.9. The molecule has 0 saturated heterocycles. The fraction of sp³-hybridized carbons (Fsp3) is 0.462. The van der Waals surface area contributed by atoms with Crippen LogP contribution >= 0.6 is 12.4 Å². The van der Waals surface area contributed by atoms with Gasteiger partial charge in [-0.3, -0.25) is 4.79 Å². The molecule has 0 radical (unpaired) electrons. The summed E-state index contributed by atoms with van der Waals surface area (Å²) in [4.78, 5) is 11.9. The van der Waals surface area contributed by atoms with E-state index < -0.39 is 0 Å². The Morgan fingerprint density at radius 2 is 1.82 bits per heavy atom. The van der Waals surface area contributed by atoms with E-state index in [0.717, 1.165) is 24.0 Å². The molecule has 1 aromatic rings. The summed E-state index contributed by atoms with van der Waals surface area (Å²) in [7, 11) is 0. The van der Waals surface area contributed by atoms with Crippen molar-refractivity contribution in [2.24, 2.45) is 5.73 Å². The monoisotopic (exact) mass is 254 g/mol. The van der Waals surface area contributed by atoms with Crippen molar-refractivity contribution in [2.75, 3.05) is 0 Å². The zero-order valence-electron chi connectivity index (χ0n) is 9.82. The summed E-state index contributed by atoms with van der Waals surface area (Å²) in [6.45, 7) is 0.518. The number of carbonyl (C=O) groups is 1. The van der Waals surface area contributed by atoms with Gasteiger partial charge in [0.15, 0.2) is 0 Å². The lowest BCUT2D eigenvalue weighted by atomic mass is 10.1. The van der Waals surface area contributed by atoms with Gasteiger partial charge in [0, 0.05) is 18.2 Å². The first-order valence-electron chi connectivity index (χ1n) is 5.89. The van der Waals surface area contributed by atoms with Gasteiger partial charge in [-0.25, -0.2) is 0 Å². The molecule has 1 aliphatic carbocycles. The molecule has 0 spiro atoms. The molecule has 94 valence electrons. The Balaban J connectivity index is 0.00000144. The Labute approximate surface area is 108 Å². The minimum Gasteiger partial charge on any atom is -0.349 e. The van der Waals surface area contributed by atoms with E-state index in [1.54, 1.807) is 0 Å². The third kappa shape index (κ3) is 3.72. The third-order valence-electron chi connectivity index (χ3n) is 3.14. The molecular formula is C13H19ClN2O. The van der Waals surface area contributed by atoms with Crippen molar-refractivity contribution in [1.29, 1.82) is 0 Å². The highest BCUT2D eigenvalue weighted by atomic mass is 35.5. The van der Waals surface area contributed by atoms with Gasteiger partial charge in [-0.2, -0.15) is 0 Å². The highest BCUT2D eigenvalue weighted by Gasteiger charge is 2.17. The average Bonchev–Trinajstić information content (AvgIpc) is 2.82. The molecule has 1 fully saturated rings. The van der Waals surface area contributed by atoms with Crippen LogP contribution in [0.2, 0.25) is 0 Å². The van der Waals surface area contributed by atoms with Crippen LogP contribution in [-0.2, 0) is 6.54 Å². The summed E-state index contributed by atoms with van der Waals surface area (Å²) in [6.07, 6.45) is 4.70. The van der Waals surface area contributed by atoms with E-state index in [-0.39, 0.29) is 18.3 Å². The largest absolute Gasteiger partial charge is 0.349 e. The predicted molar refractivity (Wildman–Crippen MR) is 71.3 cm³/mol. The van der Waals surface area contributed by atoms with E-state index in [2.05, 4.69) is 5.32 Å². The zero-order chi connectivity index (χ0) is 11.4. The number of hydrogen-bond donors (Lipinski definition) is 2. The van der Waals surface area contributed by atoms with Crippen molar-refractivity contribution in [3.8, 4) is 0 Å². The fourth-order valence-corrected chi connectivity index (χ4v) is 2.13. The molecule has 1 saturated carbocycles. The first-order chi connectivity index (χ1) is 7.79. The summed E-state index contributed by atoms with van der Waals surface area (Å²) in [6, 6.07) is 7.87. The highest BCUT2D eigenvalue weighted by molar-refractivity contribution is 5.94. The fourth-order valence-electron chi connectivity index (χ4n) is 2.13. The lowest BCUT2D eigenvalue weighted by Crippen LogP contribution is -2.32. The maximum atomic E-state index is 11.9. The molecule has 1 aliphatic rings. The highest BCUT2D eigenvalue weighted by Crippen LogP contribution is 2.18. The predicted octanol–water partition coefficient (Wildman–Crippen LogP) is 2.24. The third-order valence-corrected chi connectivity index (χ3v) is 3.14. The van der Waals surface area contributed by atoms with Crippen LogP contribution in [0.1, 0.15) is 41.6 Å². The number of nitrogens with two attached hydrogens (primary N) is 1. The van der Waals surface area contributed by atoms with E-state index in [0.29, 0.717) is 12.6 Å². The van der Waals surface area contributed by atoms with Gasteiger partial charge in [0.2, 0.25) is 0 Å². The minimum absolute atomic E-state index is 0. The van der Waals surface area contributed by atoms with Crippen molar-refractivity contribution in [1.82, 2.24) is 5.32 Å². The lowest BCUT2D eigenvalue weighted by Gasteiger charge is -2.11. The van der Waals surface area contributed by atoms with E-state index in [1.807, 2.05) is 24.3 Å². The van der Waals surface area contributed by atoms with E-state index in [4.69, 9.17) is 5.73 Å². The Morgan fingerprint density at radius 3 is 2.35 bits per heavy atom. The van der Waals surface area contributed by atoms with E-state index in [9.17, 15) is 4.79 Å². The summed E-state index contributed by atoms with van der Waals surface area (Å²) in [5.41, 5.74) is 7.29. The summed E-state index contributed by atoms with van der Waals surface area (Å²) < 4.78 is 0. The van der Waals surface area contributed by atoms with Gasteiger partial charge in [-0.05, 0) is 30.5 Å². The quantitative estimate of drug-likeness (QED) is 0.869. The number of hydrogen-bond acceptors (Lipinski definition) is 2. The van der Waals surface area contributed by atoms with Crippen molar-refractivity contribution in [3.63, 3.8) is 0 Å². The van der Waals surface area contributed by atoms with Crippen molar-refractivity contribution >= 4 is 18.3 Å². The maximum Gasteiger partial charge on any atom is 0.251 e. The smallest absolute Gasteiger partial charge is 0.251 e. The Morgan fingerprint density at radius 1 is 1.24 bits per heavy atom. The van der Waals surface area contributed by atoms with E-state index in [1.165, 1.54) is 12.8 Å². The molecule has 0 aliphatic heterocycles. The number of amides is 1. The van der Waals surface area contributed by atoms with Crippen LogP contribution < -0.4 is 11.1 Å². The SMILES string of the molecule is Cl.NCc1ccc(C(=O)NC2CCCC2)cc1. The summed E-state index contributed by atoms with van der Waals surface area (Å²) in [5, 5.41) is 3.06. The van der Waals surface area contributed by atoms with Crippen molar-refractivity contribution in [3.05, 3.63) is 35.4 Å². The molecule has 1 amide bonds. The van der Waals surface area contributed by atoms with Crippen LogP contribution in [0.15, 0.2) is 24.3 Å². The number of benzene rings is 1. The number of halogens is 1. The average molecular weight is 255 g/mol. The van der Waals surface area contributed by atoms with Crippen LogP contribution in [-0.4, -0.2) is 11.9 Å². The molecular weight excluding hydrogens is 236 g/mol. The molecule has 2 rings (SSSR count). The van der Waals surface area contributed by atoms with Crippen LogP contribution in [0.25, 0.3) is 0 Å². The number of rotatable bonds is 3. The first kappa shape index (κ1) is 14.0. The number of carbonyl (C=O) groups excluding carboxylic acids is 1. The second-order valence-electron chi connectivity index (χ2n) is 4.36. The van der Waals surface area contributed by atoms with Gasteiger partial charge in [0.25, 0.3) is 5.91 Å². The molecule has 0 unspecified atom stereocenters. The molecule has 17 heavy (non-hydrogen) atoms. The van der Waals surface area contributed by atoms with Crippen LogP contribution in [0.5, 0.6) is 0 Å². The molecule has 3 N–H and O–H groups in total. The topological polar surface area (TPSA) is 55.1 Å². The van der Waals surface area contributed by atoms with Gasteiger partial charge in [-0.1, -0.05) is 25.0 Å². The van der Waals surface area contributed by atoms with Crippen molar-refractivity contribution in [2.45, 2.75) is 38.3 Å². The second kappa shape index (κ2) is 6.62. The van der Waals surface area contributed by atoms with Crippen LogP contribution in [0.3, 0.4) is 0 Å². The number of nitrogens with one attached hydrogen (secondary N) is 1. The molecule has 0 bridgehead atoms. The molecule has 3 nitrogen and oxygen atoms in total. The Kier molecular flexibility index (Phi) is 5.45. The Bertz CT molecular complexity index is 358. The molecule has 0 atom stereocenters. The molecule has 1 aromatic carbocycles. The zero-order valence-corrected chi connectivity index (χ0v) is 10.6. The normalized spacial score (nSPS) is 15.4. The van der Waals surface area contributed by atoms with Crippen LogP contribution in [0, 0.1) is 0 Å². The second-order valence-corrected chi connectivity index (χ2v) is 4.36. The Hall–Kier alpha value is -1.06. The summed E-state index contributed by atoms with van der Waals surface area (Å²) >= 11 is 0. The van der Waals surface area contributed by atoms with Crippen molar-refractivity contribution < 1.29 is 4.79 Å². The molecule has 4 heteroatoms. The van der Waals surface area contributed by atoms with Gasteiger partial charge in [-0.15, -0.1) is 12.4 Å². The minimum atomic E-state index is 0. The molecule has 0 heterocycles. The summed E-state index contributed by atoms with van der Waals surface area (Å²) in [5.74, 6) is 0.0375. The van der Waals surface area contributed by atoms with E-state index >= 15 is 0 Å². The molecule has 0 aromatic heterocycles. The van der Waals surface area contributed by atoms with Crippen LogP contribution in [0.4, 0.5) is 0 Å². The van der Waals surface area contributed by atoms with Gasteiger partial charge in [0.05, 0.1) is 0 Å². The van der Waals surface area contributed by atoms with Gasteiger partial charge < -0.3 is 11.1 Å². The van der Waals surface area contributed by atoms with Gasteiger partial charge in [0.1, 0.15) is 0 Å².